The van der Waals surface area contributed by atoms with Gasteiger partial charge in [0.05, 0.1) is 5.60 Å². The Balaban J connectivity index is 2.41. The van der Waals surface area contributed by atoms with Crippen molar-refractivity contribution < 1.29 is 9.90 Å². The molecule has 0 amide bonds. The fourth-order valence-electron chi connectivity index (χ4n) is 1.96. The molecule has 1 aliphatic carbocycles. The van der Waals surface area contributed by atoms with Crippen LogP contribution in [-0.4, -0.2) is 17.0 Å². The zero-order valence-corrected chi connectivity index (χ0v) is 7.92. The molecule has 0 saturated heterocycles. The highest BCUT2D eigenvalue weighted by Gasteiger charge is 2.30. The highest BCUT2D eigenvalue weighted by molar-refractivity contribution is 5.53. The summed E-state index contributed by atoms with van der Waals surface area (Å²) >= 11 is 0. The smallest absolute Gasteiger partial charge is 0.123 e. The van der Waals surface area contributed by atoms with Gasteiger partial charge in [0.2, 0.25) is 0 Å². The van der Waals surface area contributed by atoms with Gasteiger partial charge in [-0.1, -0.05) is 0 Å². The molecule has 1 fully saturated rings. The van der Waals surface area contributed by atoms with Gasteiger partial charge in [0.25, 0.3) is 0 Å². The zero-order valence-electron chi connectivity index (χ0n) is 7.92. The standard InChI is InChI=1S/C10H18O2/c1-10(2,12)9-5-3-8(7-11)4-6-9/h7-9,12H,3-6H2,1-2H3. The molecule has 0 aromatic rings. The molecule has 70 valence electrons. The van der Waals surface area contributed by atoms with E-state index in [2.05, 4.69) is 0 Å². The molecule has 0 aromatic carbocycles. The quantitative estimate of drug-likeness (QED) is 0.641. The lowest BCUT2D eigenvalue weighted by molar-refractivity contribution is -0.113. The number of rotatable bonds is 2. The molecule has 0 aliphatic heterocycles. The van der Waals surface area contributed by atoms with Crippen molar-refractivity contribution in [2.45, 2.75) is 45.1 Å². The van der Waals surface area contributed by atoms with Gasteiger partial charge in [-0.05, 0) is 45.4 Å². The Hall–Kier alpha value is -0.370. The van der Waals surface area contributed by atoms with Crippen LogP contribution in [0.1, 0.15) is 39.5 Å². The second kappa shape index (κ2) is 3.56. The number of aldehydes is 1. The van der Waals surface area contributed by atoms with E-state index < -0.39 is 5.60 Å². The maximum absolute atomic E-state index is 10.5. The molecule has 1 N–H and O–H groups in total. The van der Waals surface area contributed by atoms with Crippen molar-refractivity contribution in [1.29, 1.82) is 0 Å². The van der Waals surface area contributed by atoms with Gasteiger partial charge in [-0.3, -0.25) is 0 Å². The molecule has 0 bridgehead atoms. The third kappa shape index (κ3) is 2.31. The summed E-state index contributed by atoms with van der Waals surface area (Å²) in [5, 5.41) is 9.71. The third-order valence-corrected chi connectivity index (χ3v) is 2.96. The van der Waals surface area contributed by atoms with Crippen molar-refractivity contribution in [1.82, 2.24) is 0 Å². The van der Waals surface area contributed by atoms with Gasteiger partial charge in [-0.2, -0.15) is 0 Å². The predicted octanol–water partition coefficient (Wildman–Crippen LogP) is 1.76. The third-order valence-electron chi connectivity index (χ3n) is 2.96. The van der Waals surface area contributed by atoms with E-state index in [4.69, 9.17) is 0 Å². The fourth-order valence-corrected chi connectivity index (χ4v) is 1.96. The highest BCUT2D eigenvalue weighted by Crippen LogP contribution is 2.34. The Morgan fingerprint density at radius 3 is 2.08 bits per heavy atom. The lowest BCUT2D eigenvalue weighted by atomic mass is 9.75. The van der Waals surface area contributed by atoms with Gasteiger partial charge in [0.15, 0.2) is 0 Å². The summed E-state index contributed by atoms with van der Waals surface area (Å²) in [5.41, 5.74) is -0.562. The van der Waals surface area contributed by atoms with Gasteiger partial charge in [0.1, 0.15) is 6.29 Å². The maximum atomic E-state index is 10.5. The van der Waals surface area contributed by atoms with E-state index in [0.29, 0.717) is 5.92 Å². The molecule has 2 nitrogen and oxygen atoms in total. The number of carbonyl (C=O) groups excluding carboxylic acids is 1. The molecule has 1 rings (SSSR count). The average Bonchev–Trinajstić information content (AvgIpc) is 2.03. The first-order chi connectivity index (χ1) is 5.54. The monoisotopic (exact) mass is 170 g/mol. The van der Waals surface area contributed by atoms with Crippen LogP contribution >= 0.6 is 0 Å². The topological polar surface area (TPSA) is 37.3 Å². The van der Waals surface area contributed by atoms with Gasteiger partial charge >= 0.3 is 0 Å². The molecular formula is C10H18O2. The molecule has 12 heavy (non-hydrogen) atoms. The SMILES string of the molecule is CC(C)(O)C1CCC(C=O)CC1. The Bertz CT molecular complexity index is 150. The second-order valence-electron chi connectivity index (χ2n) is 4.40. The van der Waals surface area contributed by atoms with Gasteiger partial charge in [0, 0.05) is 5.92 Å². The second-order valence-corrected chi connectivity index (χ2v) is 4.40. The van der Waals surface area contributed by atoms with E-state index in [1.165, 1.54) is 0 Å². The van der Waals surface area contributed by atoms with E-state index in [9.17, 15) is 9.90 Å². The van der Waals surface area contributed by atoms with Gasteiger partial charge in [-0.15, -0.1) is 0 Å². The van der Waals surface area contributed by atoms with Crippen molar-refractivity contribution >= 4 is 6.29 Å². The first kappa shape index (κ1) is 9.72. The summed E-state index contributed by atoms with van der Waals surface area (Å²) in [4.78, 5) is 10.5. The molecule has 0 unspecified atom stereocenters. The van der Waals surface area contributed by atoms with E-state index in [1.807, 2.05) is 13.8 Å². The largest absolute Gasteiger partial charge is 0.390 e. The Kier molecular flexibility index (Phi) is 2.89. The zero-order chi connectivity index (χ0) is 9.19. The van der Waals surface area contributed by atoms with E-state index >= 15 is 0 Å². The lowest BCUT2D eigenvalue weighted by Gasteiger charge is -2.34. The number of hydrogen-bond donors (Lipinski definition) is 1. The normalized spacial score (nSPS) is 31.6. The van der Waals surface area contributed by atoms with Crippen molar-refractivity contribution in [2.75, 3.05) is 0 Å². The molecule has 1 saturated carbocycles. The molecule has 0 spiro atoms. The van der Waals surface area contributed by atoms with E-state index in [1.54, 1.807) is 0 Å². The Morgan fingerprint density at radius 2 is 1.75 bits per heavy atom. The number of carbonyl (C=O) groups is 1. The molecule has 0 aromatic heterocycles. The molecular weight excluding hydrogens is 152 g/mol. The van der Waals surface area contributed by atoms with Crippen LogP contribution in [-0.2, 0) is 4.79 Å². The minimum absolute atomic E-state index is 0.253. The van der Waals surface area contributed by atoms with Crippen molar-refractivity contribution in [3.63, 3.8) is 0 Å². The van der Waals surface area contributed by atoms with Crippen molar-refractivity contribution in [3.8, 4) is 0 Å². The van der Waals surface area contributed by atoms with Crippen LogP contribution in [0.3, 0.4) is 0 Å². The summed E-state index contributed by atoms with van der Waals surface area (Å²) < 4.78 is 0. The van der Waals surface area contributed by atoms with E-state index in [-0.39, 0.29) is 5.92 Å². The summed E-state index contributed by atoms with van der Waals surface area (Å²) in [7, 11) is 0. The van der Waals surface area contributed by atoms with Gasteiger partial charge in [-0.25, -0.2) is 0 Å². The lowest BCUT2D eigenvalue weighted by Crippen LogP contribution is -2.34. The molecule has 1 aliphatic rings. The van der Waals surface area contributed by atoms with Crippen LogP contribution in [0.5, 0.6) is 0 Å². The predicted molar refractivity (Wildman–Crippen MR) is 47.8 cm³/mol. The van der Waals surface area contributed by atoms with Gasteiger partial charge < -0.3 is 9.90 Å². The summed E-state index contributed by atoms with van der Waals surface area (Å²) in [6.45, 7) is 3.72. The Morgan fingerprint density at radius 1 is 1.25 bits per heavy atom. The van der Waals surface area contributed by atoms with Crippen molar-refractivity contribution in [2.24, 2.45) is 11.8 Å². The first-order valence-electron chi connectivity index (χ1n) is 4.71. The minimum Gasteiger partial charge on any atom is -0.390 e. The highest BCUT2D eigenvalue weighted by atomic mass is 16.3. The fraction of sp³-hybridized carbons (Fsp3) is 0.900. The first-order valence-corrected chi connectivity index (χ1v) is 4.71. The van der Waals surface area contributed by atoms with Crippen LogP contribution in [0.25, 0.3) is 0 Å². The minimum atomic E-state index is -0.562. The average molecular weight is 170 g/mol. The summed E-state index contributed by atoms with van der Waals surface area (Å²) in [5.74, 6) is 0.636. The van der Waals surface area contributed by atoms with Crippen LogP contribution in [0.4, 0.5) is 0 Å². The maximum Gasteiger partial charge on any atom is 0.123 e. The number of aliphatic hydroxyl groups is 1. The number of hydrogen-bond acceptors (Lipinski definition) is 2. The van der Waals surface area contributed by atoms with Crippen molar-refractivity contribution in [3.05, 3.63) is 0 Å². The van der Waals surface area contributed by atoms with Crippen LogP contribution in [0.2, 0.25) is 0 Å². The molecule has 2 heteroatoms. The van der Waals surface area contributed by atoms with Crippen LogP contribution in [0, 0.1) is 11.8 Å². The van der Waals surface area contributed by atoms with Crippen LogP contribution in [0.15, 0.2) is 0 Å². The molecule has 0 radical (unpaired) electrons. The van der Waals surface area contributed by atoms with Crippen LogP contribution < -0.4 is 0 Å². The molecule has 0 heterocycles. The Labute approximate surface area is 74.0 Å². The summed E-state index contributed by atoms with van der Waals surface area (Å²) in [6, 6.07) is 0. The van der Waals surface area contributed by atoms with E-state index in [0.717, 1.165) is 32.0 Å². The summed E-state index contributed by atoms with van der Waals surface area (Å²) in [6.07, 6.45) is 4.96. The molecule has 0 atom stereocenters.